The highest BCUT2D eigenvalue weighted by Gasteiger charge is 2.13. The van der Waals surface area contributed by atoms with E-state index in [0.717, 1.165) is 16.7 Å². The number of hydrogen-bond donors (Lipinski definition) is 1. The van der Waals surface area contributed by atoms with Crippen LogP contribution in [0.5, 0.6) is 0 Å². The van der Waals surface area contributed by atoms with Crippen molar-refractivity contribution in [3.63, 3.8) is 0 Å². The van der Waals surface area contributed by atoms with Crippen molar-refractivity contribution >= 4 is 11.0 Å². The van der Waals surface area contributed by atoms with Crippen LogP contribution in [0.25, 0.3) is 16.7 Å². The number of nitrogens with zero attached hydrogens (tertiary/aromatic N) is 3. The zero-order chi connectivity index (χ0) is 13.2. The fourth-order valence-electron chi connectivity index (χ4n) is 2.25. The van der Waals surface area contributed by atoms with Crippen molar-refractivity contribution in [2.75, 3.05) is 7.05 Å². The molecule has 1 atom stereocenters. The second kappa shape index (κ2) is 4.82. The van der Waals surface area contributed by atoms with Crippen LogP contribution in [0.15, 0.2) is 48.5 Å². The van der Waals surface area contributed by atoms with Gasteiger partial charge in [-0.15, -0.1) is 5.10 Å². The van der Waals surface area contributed by atoms with Gasteiger partial charge in [0.25, 0.3) is 0 Å². The molecule has 0 aliphatic heterocycles. The first-order valence-electron chi connectivity index (χ1n) is 6.38. The molecule has 3 rings (SSSR count). The largest absolute Gasteiger partial charge is 0.313 e. The van der Waals surface area contributed by atoms with Gasteiger partial charge in [-0.2, -0.15) is 0 Å². The van der Waals surface area contributed by atoms with Crippen LogP contribution in [-0.4, -0.2) is 22.0 Å². The van der Waals surface area contributed by atoms with E-state index >= 15 is 0 Å². The molecule has 0 bridgehead atoms. The predicted molar refractivity (Wildman–Crippen MR) is 76.3 cm³/mol. The molecule has 0 saturated carbocycles. The predicted octanol–water partition coefficient (Wildman–Crippen LogP) is 2.70. The highest BCUT2D eigenvalue weighted by molar-refractivity contribution is 5.76. The summed E-state index contributed by atoms with van der Waals surface area (Å²) in [5.74, 6) is 0. The van der Waals surface area contributed by atoms with Gasteiger partial charge in [-0.25, -0.2) is 4.68 Å². The lowest BCUT2D eigenvalue weighted by atomic mass is 10.1. The first-order chi connectivity index (χ1) is 9.31. The molecule has 2 aromatic carbocycles. The minimum atomic E-state index is 0.263. The Labute approximate surface area is 112 Å². The Morgan fingerprint density at radius 1 is 1.05 bits per heavy atom. The van der Waals surface area contributed by atoms with Crippen molar-refractivity contribution in [2.45, 2.75) is 13.0 Å². The highest BCUT2D eigenvalue weighted by atomic mass is 15.4. The van der Waals surface area contributed by atoms with E-state index in [2.05, 4.69) is 34.7 Å². The molecule has 0 aliphatic rings. The van der Waals surface area contributed by atoms with Crippen LogP contribution in [-0.2, 0) is 0 Å². The van der Waals surface area contributed by atoms with Crippen LogP contribution in [0.1, 0.15) is 18.5 Å². The van der Waals surface area contributed by atoms with Crippen molar-refractivity contribution < 1.29 is 0 Å². The number of hydrogen-bond acceptors (Lipinski definition) is 3. The average Bonchev–Trinajstić information content (AvgIpc) is 2.90. The molecule has 0 spiro atoms. The van der Waals surface area contributed by atoms with Gasteiger partial charge in [0.1, 0.15) is 5.52 Å². The fraction of sp³-hybridized carbons (Fsp3) is 0.200. The van der Waals surface area contributed by atoms with Gasteiger partial charge in [-0.05, 0) is 37.7 Å². The summed E-state index contributed by atoms with van der Waals surface area (Å²) in [4.78, 5) is 0. The first kappa shape index (κ1) is 11.9. The second-order valence-corrected chi connectivity index (χ2v) is 4.56. The summed E-state index contributed by atoms with van der Waals surface area (Å²) in [6.45, 7) is 2.14. The lowest BCUT2D eigenvalue weighted by molar-refractivity contribution is 0.643. The Bertz CT molecular complexity index is 702. The zero-order valence-corrected chi connectivity index (χ0v) is 11.0. The number of fused-ring (bicyclic) bond motifs is 1. The third-order valence-corrected chi connectivity index (χ3v) is 3.42. The normalized spacial score (nSPS) is 12.7. The van der Waals surface area contributed by atoms with Gasteiger partial charge < -0.3 is 5.32 Å². The van der Waals surface area contributed by atoms with Gasteiger partial charge in [0.15, 0.2) is 0 Å². The van der Waals surface area contributed by atoms with E-state index in [0.29, 0.717) is 0 Å². The fourth-order valence-corrected chi connectivity index (χ4v) is 2.25. The molecule has 96 valence electrons. The quantitative estimate of drug-likeness (QED) is 0.779. The maximum atomic E-state index is 4.28. The molecule has 4 nitrogen and oxygen atoms in total. The zero-order valence-electron chi connectivity index (χ0n) is 11.0. The minimum Gasteiger partial charge on any atom is -0.313 e. The molecular formula is C15H16N4. The van der Waals surface area contributed by atoms with Crippen LogP contribution in [0.4, 0.5) is 0 Å². The molecule has 19 heavy (non-hydrogen) atoms. The minimum absolute atomic E-state index is 0.263. The third-order valence-electron chi connectivity index (χ3n) is 3.42. The SMILES string of the molecule is CNC(C)c1ccccc1-n1nnc2ccccc21. The number of nitrogens with one attached hydrogen (secondary N) is 1. The Morgan fingerprint density at radius 3 is 2.63 bits per heavy atom. The molecule has 0 amide bonds. The van der Waals surface area contributed by atoms with E-state index < -0.39 is 0 Å². The van der Waals surface area contributed by atoms with Crippen molar-refractivity contribution in [2.24, 2.45) is 0 Å². The summed E-state index contributed by atoms with van der Waals surface area (Å²) in [5.41, 5.74) is 4.21. The highest BCUT2D eigenvalue weighted by Crippen LogP contribution is 2.23. The number of para-hydroxylation sites is 2. The van der Waals surface area contributed by atoms with E-state index in [-0.39, 0.29) is 6.04 Å². The second-order valence-electron chi connectivity index (χ2n) is 4.56. The molecular weight excluding hydrogens is 236 g/mol. The van der Waals surface area contributed by atoms with Crippen LogP contribution in [0.2, 0.25) is 0 Å². The molecule has 3 aromatic rings. The lowest BCUT2D eigenvalue weighted by Gasteiger charge is -2.15. The summed E-state index contributed by atoms with van der Waals surface area (Å²) in [5, 5.41) is 11.8. The van der Waals surface area contributed by atoms with E-state index in [1.807, 2.05) is 48.1 Å². The molecule has 0 radical (unpaired) electrons. The van der Waals surface area contributed by atoms with Crippen molar-refractivity contribution in [3.8, 4) is 5.69 Å². The Kier molecular flexibility index (Phi) is 3.01. The smallest absolute Gasteiger partial charge is 0.113 e. The molecule has 4 heteroatoms. The van der Waals surface area contributed by atoms with Crippen molar-refractivity contribution in [1.82, 2.24) is 20.3 Å². The monoisotopic (exact) mass is 252 g/mol. The van der Waals surface area contributed by atoms with E-state index in [1.165, 1.54) is 5.56 Å². The Morgan fingerprint density at radius 2 is 1.79 bits per heavy atom. The standard InChI is InChI=1S/C15H16N4/c1-11(16-2)12-7-3-5-9-14(12)19-15-10-6-4-8-13(15)17-18-19/h3-11,16H,1-2H3. The third kappa shape index (κ3) is 2.00. The average molecular weight is 252 g/mol. The first-order valence-corrected chi connectivity index (χ1v) is 6.38. The van der Waals surface area contributed by atoms with Crippen LogP contribution >= 0.6 is 0 Å². The van der Waals surface area contributed by atoms with E-state index in [4.69, 9.17) is 0 Å². The van der Waals surface area contributed by atoms with E-state index in [1.54, 1.807) is 0 Å². The van der Waals surface area contributed by atoms with Crippen LogP contribution < -0.4 is 5.32 Å². The van der Waals surface area contributed by atoms with Crippen molar-refractivity contribution in [1.29, 1.82) is 0 Å². The summed E-state index contributed by atoms with van der Waals surface area (Å²) in [6, 6.07) is 16.5. The molecule has 0 aliphatic carbocycles. The maximum Gasteiger partial charge on any atom is 0.113 e. The summed E-state index contributed by atoms with van der Waals surface area (Å²) in [7, 11) is 1.96. The summed E-state index contributed by atoms with van der Waals surface area (Å²) in [6.07, 6.45) is 0. The number of aromatic nitrogens is 3. The van der Waals surface area contributed by atoms with Gasteiger partial charge in [0.2, 0.25) is 0 Å². The van der Waals surface area contributed by atoms with Crippen LogP contribution in [0.3, 0.4) is 0 Å². The van der Waals surface area contributed by atoms with Gasteiger partial charge in [0, 0.05) is 6.04 Å². The molecule has 0 fully saturated rings. The van der Waals surface area contributed by atoms with Gasteiger partial charge in [0.05, 0.1) is 11.2 Å². The lowest BCUT2D eigenvalue weighted by Crippen LogP contribution is -2.15. The summed E-state index contributed by atoms with van der Waals surface area (Å²) >= 11 is 0. The van der Waals surface area contributed by atoms with Gasteiger partial charge >= 0.3 is 0 Å². The van der Waals surface area contributed by atoms with Gasteiger partial charge in [-0.3, -0.25) is 0 Å². The molecule has 0 saturated heterocycles. The molecule has 1 unspecified atom stereocenters. The van der Waals surface area contributed by atoms with Crippen molar-refractivity contribution in [3.05, 3.63) is 54.1 Å². The van der Waals surface area contributed by atoms with Crippen LogP contribution in [0, 0.1) is 0 Å². The topological polar surface area (TPSA) is 42.7 Å². The maximum absolute atomic E-state index is 4.28. The Hall–Kier alpha value is -2.20. The molecule has 1 N–H and O–H groups in total. The number of benzene rings is 2. The molecule has 1 aromatic heterocycles. The van der Waals surface area contributed by atoms with E-state index in [9.17, 15) is 0 Å². The number of rotatable bonds is 3. The summed E-state index contributed by atoms with van der Waals surface area (Å²) < 4.78 is 1.90. The van der Waals surface area contributed by atoms with Gasteiger partial charge in [-0.1, -0.05) is 35.5 Å². The molecule has 1 heterocycles. The Balaban J connectivity index is 2.22.